The summed E-state index contributed by atoms with van der Waals surface area (Å²) in [6, 6.07) is 9.34. The molecule has 4 heterocycles. The first kappa shape index (κ1) is 30.8. The number of nitrogens with one attached hydrogen (secondary N) is 2. The smallest absolute Gasteiger partial charge is 0.256 e. The molecule has 0 spiro atoms. The van der Waals surface area contributed by atoms with Crippen LogP contribution in [-0.2, 0) is 20.4 Å². The van der Waals surface area contributed by atoms with Crippen molar-refractivity contribution in [3.8, 4) is 0 Å². The topological polar surface area (TPSA) is 103 Å². The Balaban J connectivity index is 1.28. The van der Waals surface area contributed by atoms with Crippen LogP contribution in [0.2, 0.25) is 10.0 Å². The molecule has 8 nitrogen and oxygen atoms in total. The lowest BCUT2D eigenvalue weighted by molar-refractivity contribution is -0.110. The summed E-state index contributed by atoms with van der Waals surface area (Å²) in [6.07, 6.45) is 3.17. The number of sulfone groups is 1. The molecule has 0 unspecified atom stereocenters. The maximum Gasteiger partial charge on any atom is 0.256 e. The third kappa shape index (κ3) is 5.80. The lowest BCUT2D eigenvalue weighted by Crippen LogP contribution is -2.43. The van der Waals surface area contributed by atoms with Gasteiger partial charge in [0.15, 0.2) is 9.84 Å². The Kier molecular flexibility index (Phi) is 8.38. The summed E-state index contributed by atoms with van der Waals surface area (Å²) in [5, 5.41) is 3.31. The fourth-order valence-electron chi connectivity index (χ4n) is 6.52. The fraction of sp³-hybridized carbons (Fsp3) is 0.375. The molecular formula is C32H33Cl2FN4O4S. The molecule has 3 aliphatic rings. The van der Waals surface area contributed by atoms with Crippen molar-refractivity contribution in [1.82, 2.24) is 14.8 Å². The number of carbonyl (C=O) groups is 2. The number of nitrogens with zero attached hydrogens (tertiary/aromatic N) is 2. The van der Waals surface area contributed by atoms with Gasteiger partial charge in [0, 0.05) is 70.5 Å². The molecule has 0 bridgehead atoms. The van der Waals surface area contributed by atoms with Gasteiger partial charge in [-0.15, -0.1) is 0 Å². The van der Waals surface area contributed by atoms with Crippen molar-refractivity contribution >= 4 is 62.2 Å². The van der Waals surface area contributed by atoms with Crippen molar-refractivity contribution < 1.29 is 22.4 Å². The second-order valence-electron chi connectivity index (χ2n) is 11.8. The van der Waals surface area contributed by atoms with E-state index in [1.807, 2.05) is 18.7 Å². The second-order valence-corrected chi connectivity index (χ2v) is 14.6. The van der Waals surface area contributed by atoms with Crippen molar-refractivity contribution in [2.24, 2.45) is 0 Å². The third-order valence-corrected chi connectivity index (χ3v) is 11.2. The molecule has 0 saturated carbocycles. The van der Waals surface area contributed by atoms with Crippen LogP contribution in [0.5, 0.6) is 0 Å². The van der Waals surface area contributed by atoms with Crippen molar-refractivity contribution in [2.45, 2.75) is 56.0 Å². The summed E-state index contributed by atoms with van der Waals surface area (Å²) in [5.74, 6) is -0.851. The minimum Gasteiger partial charge on any atom is -0.358 e. The van der Waals surface area contributed by atoms with Gasteiger partial charge >= 0.3 is 0 Å². The highest BCUT2D eigenvalue weighted by Crippen LogP contribution is 2.37. The summed E-state index contributed by atoms with van der Waals surface area (Å²) in [5.41, 5.74) is 4.06. The Morgan fingerprint density at radius 2 is 1.86 bits per heavy atom. The number of hydrogen-bond acceptors (Lipinski definition) is 5. The predicted molar refractivity (Wildman–Crippen MR) is 171 cm³/mol. The molecule has 2 saturated heterocycles. The fourth-order valence-corrected chi connectivity index (χ4v) is 8.64. The van der Waals surface area contributed by atoms with E-state index in [0.29, 0.717) is 71.9 Å². The highest BCUT2D eigenvalue weighted by molar-refractivity contribution is 7.90. The second kappa shape index (κ2) is 12.0. The molecule has 6 rings (SSSR count). The number of likely N-dealkylation sites (tertiary alicyclic amines) is 2. The van der Waals surface area contributed by atoms with Gasteiger partial charge in [-0.2, -0.15) is 0 Å². The number of benzene rings is 2. The Morgan fingerprint density at radius 3 is 2.57 bits per heavy atom. The molecule has 12 heteroatoms. The highest BCUT2D eigenvalue weighted by Gasteiger charge is 2.35. The van der Waals surface area contributed by atoms with Gasteiger partial charge in [-0.25, -0.2) is 12.8 Å². The number of aryl methyl sites for hydroxylation is 1. The molecule has 0 aliphatic carbocycles. The number of fused-ring (bicyclic) bond motifs is 1. The van der Waals surface area contributed by atoms with Crippen molar-refractivity contribution in [3.63, 3.8) is 0 Å². The van der Waals surface area contributed by atoms with Crippen LogP contribution in [0.3, 0.4) is 0 Å². The van der Waals surface area contributed by atoms with Crippen molar-refractivity contribution in [1.29, 1.82) is 0 Å². The number of H-pyrrole nitrogens is 1. The Hall–Kier alpha value is -3.18. The van der Waals surface area contributed by atoms with Crippen molar-refractivity contribution in [3.05, 3.63) is 80.1 Å². The first-order valence-electron chi connectivity index (χ1n) is 14.6. The Bertz CT molecular complexity index is 1790. The molecule has 2 fully saturated rings. The Labute approximate surface area is 266 Å². The molecule has 2 atom stereocenters. The van der Waals surface area contributed by atoms with Crippen LogP contribution in [0.1, 0.15) is 57.7 Å². The Morgan fingerprint density at radius 1 is 1.11 bits per heavy atom. The number of amides is 2. The molecule has 2 N–H and O–H groups in total. The zero-order chi connectivity index (χ0) is 31.3. The van der Waals surface area contributed by atoms with Crippen LogP contribution >= 0.6 is 23.2 Å². The summed E-state index contributed by atoms with van der Waals surface area (Å²) in [7, 11) is -3.86. The number of aromatic nitrogens is 1. The van der Waals surface area contributed by atoms with Crippen LogP contribution in [0.15, 0.2) is 41.3 Å². The van der Waals surface area contributed by atoms with Gasteiger partial charge in [-0.3, -0.25) is 14.5 Å². The number of halogens is 3. The van der Waals surface area contributed by atoms with E-state index in [1.165, 1.54) is 12.1 Å². The van der Waals surface area contributed by atoms with E-state index < -0.39 is 21.8 Å². The van der Waals surface area contributed by atoms with E-state index in [9.17, 15) is 22.4 Å². The lowest BCUT2D eigenvalue weighted by Gasteiger charge is -2.28. The average molecular weight is 660 g/mol. The SMILES string of the molecule is Cc1[nH]c(/C=C2\C(=O)Nc3ccc(S(=O)(=O)Cc4c(Cl)cccc4Cl)cc32)c(C)c1C(=O)N1CCC[C@H]1CN1CC[C@H](F)C1. The molecular weight excluding hydrogens is 626 g/mol. The number of aromatic amines is 1. The normalized spacial score (nSPS) is 21.3. The first-order valence-corrected chi connectivity index (χ1v) is 17.0. The van der Waals surface area contributed by atoms with E-state index in [4.69, 9.17) is 23.2 Å². The van der Waals surface area contributed by atoms with Gasteiger partial charge in [-0.1, -0.05) is 29.3 Å². The molecule has 3 aliphatic heterocycles. The minimum absolute atomic E-state index is 0.0248. The zero-order valence-corrected chi connectivity index (χ0v) is 26.8. The zero-order valence-electron chi connectivity index (χ0n) is 24.4. The molecule has 2 aromatic carbocycles. The predicted octanol–water partition coefficient (Wildman–Crippen LogP) is 6.05. The maximum atomic E-state index is 13.8. The standard InChI is InChI=1S/C32H33Cl2FN4O4S/c1-18-29(36-19(2)30(18)32(41)39-11-4-5-21(39)16-38-12-10-20(35)15-38)14-24-23-13-22(8-9-28(23)37-31(24)40)44(42,43)17-25-26(33)6-3-7-27(25)34/h3,6-9,13-14,20-21,36H,4-5,10-12,15-17H2,1-2H3,(H,37,40)/b24-14-/t20-,21-/m0/s1. The van der Waals surface area contributed by atoms with E-state index >= 15 is 0 Å². The van der Waals surface area contributed by atoms with E-state index in [1.54, 1.807) is 30.3 Å². The third-order valence-electron chi connectivity index (χ3n) is 8.83. The van der Waals surface area contributed by atoms with Crippen molar-refractivity contribution in [2.75, 3.05) is 31.5 Å². The molecule has 3 aromatic rings. The number of rotatable bonds is 7. The number of carbonyl (C=O) groups excluding carboxylic acids is 2. The molecule has 44 heavy (non-hydrogen) atoms. The molecule has 1 aromatic heterocycles. The number of alkyl halides is 1. The maximum absolute atomic E-state index is 13.8. The van der Waals surface area contributed by atoms with Gasteiger partial charge in [0.1, 0.15) is 6.17 Å². The summed E-state index contributed by atoms with van der Waals surface area (Å²) < 4.78 is 40.6. The van der Waals surface area contributed by atoms with Crippen LogP contribution in [0.4, 0.5) is 10.1 Å². The largest absolute Gasteiger partial charge is 0.358 e. The summed E-state index contributed by atoms with van der Waals surface area (Å²) in [6.45, 7) is 6.09. The van der Waals surface area contributed by atoms with Gasteiger partial charge in [0.05, 0.1) is 21.8 Å². The molecule has 232 valence electrons. The van der Waals surface area contributed by atoms with Crippen LogP contribution in [-0.4, -0.2) is 73.4 Å². The van der Waals surface area contributed by atoms with E-state index in [0.717, 1.165) is 12.8 Å². The lowest BCUT2D eigenvalue weighted by atomic mass is 10.0. The van der Waals surface area contributed by atoms with E-state index in [-0.39, 0.29) is 38.4 Å². The first-order chi connectivity index (χ1) is 20.9. The van der Waals surface area contributed by atoms with Gasteiger partial charge in [0.2, 0.25) is 0 Å². The minimum atomic E-state index is -3.86. The highest BCUT2D eigenvalue weighted by atomic mass is 35.5. The van der Waals surface area contributed by atoms with Crippen LogP contribution in [0, 0.1) is 13.8 Å². The van der Waals surface area contributed by atoms with Crippen LogP contribution < -0.4 is 5.32 Å². The average Bonchev–Trinajstić information content (AvgIpc) is 3.73. The van der Waals surface area contributed by atoms with Gasteiger partial charge < -0.3 is 15.2 Å². The monoisotopic (exact) mass is 658 g/mol. The van der Waals surface area contributed by atoms with E-state index in [2.05, 4.69) is 15.2 Å². The quantitative estimate of drug-likeness (QED) is 0.301. The molecule has 2 amide bonds. The van der Waals surface area contributed by atoms with Crippen LogP contribution in [0.25, 0.3) is 11.6 Å². The number of anilines is 1. The summed E-state index contributed by atoms with van der Waals surface area (Å²) >= 11 is 12.5. The molecule has 0 radical (unpaired) electrons. The number of hydrogen-bond donors (Lipinski definition) is 2. The van der Waals surface area contributed by atoms with Gasteiger partial charge in [-0.05, 0) is 75.1 Å². The summed E-state index contributed by atoms with van der Waals surface area (Å²) in [4.78, 5) is 34.2. The van der Waals surface area contributed by atoms with Gasteiger partial charge in [0.25, 0.3) is 11.8 Å².